The van der Waals surface area contributed by atoms with E-state index in [4.69, 9.17) is 9.72 Å². The van der Waals surface area contributed by atoms with E-state index in [1.165, 1.54) is 5.69 Å². The molecule has 0 spiro atoms. The molecule has 2 aromatic carbocycles. The number of benzene rings is 2. The Bertz CT molecular complexity index is 1120. The van der Waals surface area contributed by atoms with E-state index in [1.807, 2.05) is 19.1 Å². The molecule has 0 bridgehead atoms. The molecule has 28 heavy (non-hydrogen) atoms. The summed E-state index contributed by atoms with van der Waals surface area (Å²) in [5, 5.41) is 0. The van der Waals surface area contributed by atoms with Gasteiger partial charge >= 0.3 is 0 Å². The van der Waals surface area contributed by atoms with Gasteiger partial charge in [-0.3, -0.25) is 0 Å². The maximum Gasteiger partial charge on any atom is 0.294 e. The van der Waals surface area contributed by atoms with Gasteiger partial charge in [0.15, 0.2) is 0 Å². The minimum Gasteiger partial charge on any atom is -0.465 e. The van der Waals surface area contributed by atoms with Gasteiger partial charge in [0.2, 0.25) is 0 Å². The van der Waals surface area contributed by atoms with Crippen molar-refractivity contribution < 1.29 is 4.74 Å². The highest BCUT2D eigenvalue weighted by molar-refractivity contribution is 5.86. The van der Waals surface area contributed by atoms with Crippen LogP contribution in [0.1, 0.15) is 6.92 Å². The molecule has 7 nitrogen and oxygen atoms in total. The summed E-state index contributed by atoms with van der Waals surface area (Å²) in [6.07, 6.45) is 0. The highest BCUT2D eigenvalue weighted by atomic mass is 16.5. The monoisotopic (exact) mass is 376 g/mol. The molecule has 7 heteroatoms. The van der Waals surface area contributed by atoms with Crippen molar-refractivity contribution in [2.45, 2.75) is 6.92 Å². The quantitative estimate of drug-likeness (QED) is 0.572. The standard InChI is InChI=1S/C21H24N6O/c1-3-28-21-24-17-6-4-14(12-18(17)25-21)20-22-16-7-5-15(13-19(16)23-20)27-10-8-26(2)9-11-27/h4-7,12-13H,3,8-11H2,1-2H3,(H,22,23)(H,24,25). The van der Waals surface area contributed by atoms with Crippen LogP contribution in [0.5, 0.6) is 6.01 Å². The zero-order valence-electron chi connectivity index (χ0n) is 16.2. The van der Waals surface area contributed by atoms with E-state index in [2.05, 4.69) is 56.1 Å². The number of piperazine rings is 1. The molecular formula is C21H24N6O. The molecule has 0 aliphatic carbocycles. The number of imidazole rings is 2. The van der Waals surface area contributed by atoms with Crippen LogP contribution in [-0.4, -0.2) is 64.7 Å². The van der Waals surface area contributed by atoms with Crippen molar-refractivity contribution in [1.29, 1.82) is 0 Å². The molecule has 0 amide bonds. The van der Waals surface area contributed by atoms with Crippen molar-refractivity contribution >= 4 is 27.8 Å². The Kier molecular flexibility index (Phi) is 4.16. The maximum atomic E-state index is 5.46. The van der Waals surface area contributed by atoms with E-state index in [0.717, 1.165) is 59.6 Å². The summed E-state index contributed by atoms with van der Waals surface area (Å²) < 4.78 is 5.46. The lowest BCUT2D eigenvalue weighted by Gasteiger charge is -2.34. The van der Waals surface area contributed by atoms with Crippen LogP contribution in [0.2, 0.25) is 0 Å². The number of nitrogens with one attached hydrogen (secondary N) is 2. The highest BCUT2D eigenvalue weighted by Gasteiger charge is 2.15. The lowest BCUT2D eigenvalue weighted by Crippen LogP contribution is -2.44. The van der Waals surface area contributed by atoms with Gasteiger partial charge in [0.05, 0.1) is 28.7 Å². The Balaban J connectivity index is 1.46. The minimum absolute atomic E-state index is 0.552. The molecule has 5 rings (SSSR count). The van der Waals surface area contributed by atoms with Crippen LogP contribution >= 0.6 is 0 Å². The molecule has 1 aliphatic rings. The van der Waals surface area contributed by atoms with Gasteiger partial charge in [-0.05, 0) is 50.4 Å². The third kappa shape index (κ3) is 3.07. The van der Waals surface area contributed by atoms with Crippen LogP contribution in [-0.2, 0) is 0 Å². The van der Waals surface area contributed by atoms with Gasteiger partial charge in [-0.25, -0.2) is 4.98 Å². The molecule has 3 heterocycles. The average Bonchev–Trinajstić information content (AvgIpc) is 3.31. The minimum atomic E-state index is 0.552. The second kappa shape index (κ2) is 6.83. The Labute approximate surface area is 163 Å². The van der Waals surface area contributed by atoms with Gasteiger partial charge in [0.1, 0.15) is 5.82 Å². The number of aromatic amines is 2. The summed E-state index contributed by atoms with van der Waals surface area (Å²) in [6, 6.07) is 13.1. The Morgan fingerprint density at radius 1 is 0.929 bits per heavy atom. The van der Waals surface area contributed by atoms with Crippen LogP contribution in [0, 0.1) is 0 Å². The Morgan fingerprint density at radius 3 is 2.50 bits per heavy atom. The van der Waals surface area contributed by atoms with Gasteiger partial charge in [-0.1, -0.05) is 0 Å². The first-order chi connectivity index (χ1) is 13.7. The fourth-order valence-corrected chi connectivity index (χ4v) is 3.73. The molecular weight excluding hydrogens is 352 g/mol. The lowest BCUT2D eigenvalue weighted by atomic mass is 10.2. The van der Waals surface area contributed by atoms with Crippen LogP contribution in [0.4, 0.5) is 5.69 Å². The third-order valence-corrected chi connectivity index (χ3v) is 5.35. The summed E-state index contributed by atoms with van der Waals surface area (Å²) in [5.41, 5.74) is 6.15. The topological polar surface area (TPSA) is 73.1 Å². The largest absolute Gasteiger partial charge is 0.465 e. The van der Waals surface area contributed by atoms with Crippen molar-refractivity contribution in [3.05, 3.63) is 36.4 Å². The molecule has 144 valence electrons. The Hall–Kier alpha value is -3.06. The summed E-state index contributed by atoms with van der Waals surface area (Å²) in [4.78, 5) is 20.7. The number of rotatable bonds is 4. The van der Waals surface area contributed by atoms with Crippen molar-refractivity contribution in [2.24, 2.45) is 0 Å². The lowest BCUT2D eigenvalue weighted by molar-refractivity contribution is 0.313. The normalized spacial score (nSPS) is 15.6. The second-order valence-corrected chi connectivity index (χ2v) is 7.28. The molecule has 1 fully saturated rings. The first kappa shape index (κ1) is 17.1. The van der Waals surface area contributed by atoms with Gasteiger partial charge in [0.25, 0.3) is 6.01 Å². The van der Waals surface area contributed by atoms with Gasteiger partial charge in [0, 0.05) is 37.4 Å². The predicted octanol–water partition coefficient (Wildman–Crippen LogP) is 3.26. The SMILES string of the molecule is CCOc1nc2ccc(-c3nc4ccc(N5CCN(C)CC5)cc4[nH]3)cc2[nH]1. The molecule has 1 aliphatic heterocycles. The predicted molar refractivity (Wildman–Crippen MR) is 112 cm³/mol. The van der Waals surface area contributed by atoms with Crippen LogP contribution in [0.25, 0.3) is 33.5 Å². The van der Waals surface area contributed by atoms with E-state index in [-0.39, 0.29) is 0 Å². The number of H-pyrrole nitrogens is 2. The third-order valence-electron chi connectivity index (χ3n) is 5.35. The molecule has 0 atom stereocenters. The number of hydrogen-bond donors (Lipinski definition) is 2. The van der Waals surface area contributed by atoms with Gasteiger partial charge in [-0.2, -0.15) is 4.98 Å². The molecule has 0 saturated carbocycles. The number of hydrogen-bond acceptors (Lipinski definition) is 5. The Morgan fingerprint density at radius 2 is 1.68 bits per heavy atom. The van der Waals surface area contributed by atoms with Crippen molar-refractivity contribution in [1.82, 2.24) is 24.8 Å². The number of ether oxygens (including phenoxy) is 1. The van der Waals surface area contributed by atoms with E-state index < -0.39 is 0 Å². The average molecular weight is 376 g/mol. The molecule has 2 aromatic heterocycles. The van der Waals surface area contributed by atoms with E-state index in [9.17, 15) is 0 Å². The van der Waals surface area contributed by atoms with Crippen LogP contribution in [0.15, 0.2) is 36.4 Å². The van der Waals surface area contributed by atoms with Gasteiger partial charge < -0.3 is 24.5 Å². The number of aromatic nitrogens is 4. The fourth-order valence-electron chi connectivity index (χ4n) is 3.73. The molecule has 0 radical (unpaired) electrons. The van der Waals surface area contributed by atoms with E-state index >= 15 is 0 Å². The number of likely N-dealkylation sites (N-methyl/N-ethyl adjacent to an activating group) is 1. The smallest absolute Gasteiger partial charge is 0.294 e. The molecule has 2 N–H and O–H groups in total. The molecule has 0 unspecified atom stereocenters. The van der Waals surface area contributed by atoms with Gasteiger partial charge in [-0.15, -0.1) is 0 Å². The summed E-state index contributed by atoms with van der Waals surface area (Å²) >= 11 is 0. The van der Waals surface area contributed by atoms with E-state index in [1.54, 1.807) is 0 Å². The van der Waals surface area contributed by atoms with Crippen LogP contribution in [0.3, 0.4) is 0 Å². The van der Waals surface area contributed by atoms with Crippen LogP contribution < -0.4 is 9.64 Å². The zero-order chi connectivity index (χ0) is 19.1. The summed E-state index contributed by atoms with van der Waals surface area (Å²) in [7, 11) is 2.18. The second-order valence-electron chi connectivity index (χ2n) is 7.28. The van der Waals surface area contributed by atoms with Crippen molar-refractivity contribution in [2.75, 3.05) is 44.7 Å². The number of fused-ring (bicyclic) bond motifs is 2. The highest BCUT2D eigenvalue weighted by Crippen LogP contribution is 2.27. The fraction of sp³-hybridized carbons (Fsp3) is 0.333. The number of nitrogens with zero attached hydrogens (tertiary/aromatic N) is 4. The first-order valence-electron chi connectivity index (χ1n) is 9.76. The summed E-state index contributed by atoms with van der Waals surface area (Å²) in [6.45, 7) is 6.85. The zero-order valence-corrected chi connectivity index (χ0v) is 16.2. The first-order valence-corrected chi connectivity index (χ1v) is 9.76. The molecule has 4 aromatic rings. The van der Waals surface area contributed by atoms with E-state index in [0.29, 0.717) is 12.6 Å². The number of anilines is 1. The molecule has 1 saturated heterocycles. The summed E-state index contributed by atoms with van der Waals surface area (Å²) in [5.74, 6) is 0.861. The maximum absolute atomic E-state index is 5.46. The van der Waals surface area contributed by atoms with Crippen molar-refractivity contribution in [3.63, 3.8) is 0 Å². The van der Waals surface area contributed by atoms with Crippen molar-refractivity contribution in [3.8, 4) is 17.4 Å².